The van der Waals surface area contributed by atoms with E-state index in [1.165, 1.54) is 31.7 Å². The van der Waals surface area contributed by atoms with Crippen molar-refractivity contribution in [2.24, 2.45) is 5.73 Å². The number of likely N-dealkylation sites (N-methyl/N-ethyl adjacent to an activating group) is 1. The van der Waals surface area contributed by atoms with Gasteiger partial charge in [-0.15, -0.1) is 0 Å². The zero-order valence-electron chi connectivity index (χ0n) is 11.1. The predicted molar refractivity (Wildman–Crippen MR) is 72.8 cm³/mol. The first-order chi connectivity index (χ1) is 8.70. The highest BCUT2D eigenvalue weighted by Gasteiger charge is 2.23. The van der Waals surface area contributed by atoms with E-state index in [9.17, 15) is 4.39 Å². The van der Waals surface area contributed by atoms with Gasteiger partial charge in [0.25, 0.3) is 0 Å². The SMILES string of the molecule is CCN(CC(N)c1cccc(F)c1)C1CCCC1. The Morgan fingerprint density at radius 2 is 2.11 bits per heavy atom. The Bertz CT molecular complexity index is 375. The lowest BCUT2D eigenvalue weighted by Crippen LogP contribution is -2.38. The van der Waals surface area contributed by atoms with Gasteiger partial charge in [0.2, 0.25) is 0 Å². The Hall–Kier alpha value is -0.930. The molecule has 1 aliphatic carbocycles. The highest BCUT2D eigenvalue weighted by atomic mass is 19.1. The van der Waals surface area contributed by atoms with Crippen LogP contribution in [-0.4, -0.2) is 24.0 Å². The van der Waals surface area contributed by atoms with Crippen LogP contribution in [0.3, 0.4) is 0 Å². The van der Waals surface area contributed by atoms with Crippen molar-refractivity contribution < 1.29 is 4.39 Å². The molecule has 2 rings (SSSR count). The van der Waals surface area contributed by atoms with Crippen molar-refractivity contribution in [1.29, 1.82) is 0 Å². The van der Waals surface area contributed by atoms with Gasteiger partial charge in [0.15, 0.2) is 0 Å². The summed E-state index contributed by atoms with van der Waals surface area (Å²) in [5, 5.41) is 0. The smallest absolute Gasteiger partial charge is 0.123 e. The summed E-state index contributed by atoms with van der Waals surface area (Å²) in [5.41, 5.74) is 7.09. The van der Waals surface area contributed by atoms with Gasteiger partial charge in [0.1, 0.15) is 5.82 Å². The molecule has 0 bridgehead atoms. The molecule has 0 amide bonds. The fourth-order valence-electron chi connectivity index (χ4n) is 2.90. The first kappa shape index (κ1) is 13.5. The van der Waals surface area contributed by atoms with E-state index in [2.05, 4.69) is 11.8 Å². The van der Waals surface area contributed by atoms with E-state index in [0.717, 1.165) is 18.7 Å². The van der Waals surface area contributed by atoms with Gasteiger partial charge in [-0.3, -0.25) is 4.90 Å². The van der Waals surface area contributed by atoms with Gasteiger partial charge in [0.05, 0.1) is 0 Å². The summed E-state index contributed by atoms with van der Waals surface area (Å²) in [5.74, 6) is -0.202. The second kappa shape index (κ2) is 6.30. The molecule has 1 fully saturated rings. The van der Waals surface area contributed by atoms with Gasteiger partial charge < -0.3 is 5.73 Å². The number of hydrogen-bond acceptors (Lipinski definition) is 2. The van der Waals surface area contributed by atoms with E-state index in [1.54, 1.807) is 12.1 Å². The third kappa shape index (κ3) is 3.30. The van der Waals surface area contributed by atoms with Crippen molar-refractivity contribution in [3.8, 4) is 0 Å². The number of hydrogen-bond donors (Lipinski definition) is 1. The van der Waals surface area contributed by atoms with Gasteiger partial charge in [0, 0.05) is 18.6 Å². The van der Waals surface area contributed by atoms with Crippen LogP contribution in [0.25, 0.3) is 0 Å². The Morgan fingerprint density at radius 1 is 1.39 bits per heavy atom. The molecule has 2 nitrogen and oxygen atoms in total. The van der Waals surface area contributed by atoms with Gasteiger partial charge in [-0.25, -0.2) is 4.39 Å². The average Bonchev–Trinajstić information content (AvgIpc) is 2.89. The summed E-state index contributed by atoms with van der Waals surface area (Å²) in [4.78, 5) is 2.45. The molecule has 0 heterocycles. The zero-order chi connectivity index (χ0) is 13.0. The van der Waals surface area contributed by atoms with Crippen LogP contribution in [0.5, 0.6) is 0 Å². The average molecular weight is 250 g/mol. The molecule has 1 unspecified atom stereocenters. The lowest BCUT2D eigenvalue weighted by atomic mass is 10.1. The molecule has 0 aliphatic heterocycles. The molecular weight excluding hydrogens is 227 g/mol. The zero-order valence-corrected chi connectivity index (χ0v) is 11.1. The quantitative estimate of drug-likeness (QED) is 0.870. The molecule has 2 N–H and O–H groups in total. The summed E-state index contributed by atoms with van der Waals surface area (Å²) in [6, 6.07) is 7.24. The van der Waals surface area contributed by atoms with Crippen LogP contribution >= 0.6 is 0 Å². The molecule has 0 aromatic heterocycles. The standard InChI is InChI=1S/C15H23FN2/c1-2-18(14-8-3-4-9-14)11-15(17)12-6-5-7-13(16)10-12/h5-7,10,14-15H,2-4,8-9,11,17H2,1H3. The number of nitrogens with two attached hydrogens (primary N) is 1. The second-order valence-corrected chi connectivity index (χ2v) is 5.19. The molecule has 0 radical (unpaired) electrons. The number of nitrogens with zero attached hydrogens (tertiary/aromatic N) is 1. The fourth-order valence-corrected chi connectivity index (χ4v) is 2.90. The minimum atomic E-state index is -0.202. The first-order valence-electron chi connectivity index (χ1n) is 6.95. The molecule has 0 spiro atoms. The van der Waals surface area contributed by atoms with E-state index in [0.29, 0.717) is 6.04 Å². The fraction of sp³-hybridized carbons (Fsp3) is 0.600. The summed E-state index contributed by atoms with van der Waals surface area (Å²) < 4.78 is 13.2. The van der Waals surface area contributed by atoms with E-state index in [1.807, 2.05) is 6.07 Å². The molecule has 1 atom stereocenters. The Balaban J connectivity index is 1.98. The Morgan fingerprint density at radius 3 is 2.72 bits per heavy atom. The van der Waals surface area contributed by atoms with Crippen LogP contribution in [0.1, 0.15) is 44.2 Å². The third-order valence-electron chi connectivity index (χ3n) is 3.96. The van der Waals surface area contributed by atoms with E-state index >= 15 is 0 Å². The van der Waals surface area contributed by atoms with Crippen molar-refractivity contribution in [3.63, 3.8) is 0 Å². The van der Waals surface area contributed by atoms with Crippen molar-refractivity contribution in [2.75, 3.05) is 13.1 Å². The van der Waals surface area contributed by atoms with E-state index < -0.39 is 0 Å². The maximum atomic E-state index is 13.2. The Labute approximate surface area is 109 Å². The normalized spacial score (nSPS) is 18.4. The number of benzene rings is 1. The van der Waals surface area contributed by atoms with Gasteiger partial charge in [-0.2, -0.15) is 0 Å². The number of halogens is 1. The lowest BCUT2D eigenvalue weighted by Gasteiger charge is -2.30. The molecule has 1 aromatic rings. The van der Waals surface area contributed by atoms with Gasteiger partial charge in [-0.05, 0) is 37.1 Å². The predicted octanol–water partition coefficient (Wildman–Crippen LogP) is 3.09. The van der Waals surface area contributed by atoms with E-state index in [4.69, 9.17) is 5.73 Å². The summed E-state index contributed by atoms with van der Waals surface area (Å²) in [6.07, 6.45) is 5.22. The first-order valence-corrected chi connectivity index (χ1v) is 6.95. The maximum Gasteiger partial charge on any atom is 0.123 e. The summed E-state index contributed by atoms with van der Waals surface area (Å²) >= 11 is 0. The van der Waals surface area contributed by atoms with Crippen LogP contribution in [0, 0.1) is 5.82 Å². The lowest BCUT2D eigenvalue weighted by molar-refractivity contribution is 0.197. The minimum Gasteiger partial charge on any atom is -0.323 e. The van der Waals surface area contributed by atoms with Crippen molar-refractivity contribution in [2.45, 2.75) is 44.7 Å². The van der Waals surface area contributed by atoms with Gasteiger partial charge >= 0.3 is 0 Å². The molecule has 3 heteroatoms. The van der Waals surface area contributed by atoms with Gasteiger partial charge in [-0.1, -0.05) is 31.9 Å². The molecule has 100 valence electrons. The highest BCUT2D eigenvalue weighted by molar-refractivity contribution is 5.20. The van der Waals surface area contributed by atoms with Crippen molar-refractivity contribution >= 4 is 0 Å². The highest BCUT2D eigenvalue weighted by Crippen LogP contribution is 2.25. The van der Waals surface area contributed by atoms with Crippen LogP contribution in [0.4, 0.5) is 4.39 Å². The molecule has 1 saturated carbocycles. The monoisotopic (exact) mass is 250 g/mol. The topological polar surface area (TPSA) is 29.3 Å². The molecule has 18 heavy (non-hydrogen) atoms. The second-order valence-electron chi connectivity index (χ2n) is 5.19. The van der Waals surface area contributed by atoms with Crippen LogP contribution in [0.15, 0.2) is 24.3 Å². The summed E-state index contributed by atoms with van der Waals surface area (Å²) in [7, 11) is 0. The Kier molecular flexibility index (Phi) is 4.72. The van der Waals surface area contributed by atoms with Crippen LogP contribution in [0.2, 0.25) is 0 Å². The maximum absolute atomic E-state index is 13.2. The molecule has 1 aromatic carbocycles. The summed E-state index contributed by atoms with van der Waals surface area (Å²) in [6.45, 7) is 4.02. The molecule has 0 saturated heterocycles. The number of rotatable bonds is 5. The third-order valence-corrected chi connectivity index (χ3v) is 3.96. The molecular formula is C15H23FN2. The van der Waals surface area contributed by atoms with Crippen LogP contribution in [-0.2, 0) is 0 Å². The van der Waals surface area contributed by atoms with Crippen LogP contribution < -0.4 is 5.73 Å². The van der Waals surface area contributed by atoms with Crippen molar-refractivity contribution in [3.05, 3.63) is 35.6 Å². The van der Waals surface area contributed by atoms with Crippen molar-refractivity contribution in [1.82, 2.24) is 4.90 Å². The van der Waals surface area contributed by atoms with E-state index in [-0.39, 0.29) is 11.9 Å². The largest absolute Gasteiger partial charge is 0.323 e. The molecule has 1 aliphatic rings. The minimum absolute atomic E-state index is 0.0961.